The van der Waals surface area contributed by atoms with Crippen LogP contribution < -0.4 is 0 Å². The summed E-state index contributed by atoms with van der Waals surface area (Å²) in [5.41, 5.74) is 5.55. The minimum absolute atomic E-state index is 0.128. The lowest BCUT2D eigenvalue weighted by atomic mass is 9.72. The van der Waals surface area contributed by atoms with Gasteiger partial charge in [-0.15, -0.1) is 0 Å². The van der Waals surface area contributed by atoms with Gasteiger partial charge in [0, 0.05) is 0 Å². The fraction of sp³-hybridized carbons (Fsp3) is 0.444. The van der Waals surface area contributed by atoms with E-state index in [0.717, 1.165) is 74.0 Å². The van der Waals surface area contributed by atoms with Gasteiger partial charge in [0.1, 0.15) is 5.60 Å². The van der Waals surface area contributed by atoms with Gasteiger partial charge in [-0.25, -0.2) is 0 Å². The molecule has 2 unspecified atom stereocenters. The Bertz CT molecular complexity index is 1530. The molecule has 1 aliphatic heterocycles. The van der Waals surface area contributed by atoms with Gasteiger partial charge in [0.25, 0.3) is 0 Å². The first-order chi connectivity index (χ1) is 23.8. The Morgan fingerprint density at radius 2 is 1.24 bits per heavy atom. The Morgan fingerprint density at radius 1 is 0.740 bits per heavy atom. The number of nitrogens with zero attached hydrogens (tertiary/aromatic N) is 1. The van der Waals surface area contributed by atoms with Crippen LogP contribution in [0.4, 0.5) is 0 Å². The molecule has 0 amide bonds. The van der Waals surface area contributed by atoms with E-state index in [0.29, 0.717) is 5.92 Å². The SMILES string of the molecule is CC(C)(C)c1ccc(C(O)CCCN2CCC(C(O)(c3ccccc3)c3ccccc3)CC2)cc1.CC(C)Cc1ccc(C(C)C(=O)O)cc1. The van der Waals surface area contributed by atoms with E-state index < -0.39 is 23.6 Å². The minimum atomic E-state index is -0.968. The highest BCUT2D eigenvalue weighted by atomic mass is 16.4. The molecule has 0 saturated carbocycles. The summed E-state index contributed by atoms with van der Waals surface area (Å²) in [5.74, 6) is -0.382. The van der Waals surface area contributed by atoms with Gasteiger partial charge in [-0.3, -0.25) is 4.79 Å². The lowest BCUT2D eigenvalue weighted by molar-refractivity contribution is -0.138. The fourth-order valence-electron chi connectivity index (χ4n) is 7.03. The Labute approximate surface area is 301 Å². The van der Waals surface area contributed by atoms with Crippen molar-refractivity contribution < 1.29 is 20.1 Å². The molecule has 1 fully saturated rings. The Morgan fingerprint density at radius 3 is 1.70 bits per heavy atom. The van der Waals surface area contributed by atoms with Gasteiger partial charge >= 0.3 is 5.97 Å². The monoisotopic (exact) mass is 677 g/mol. The van der Waals surface area contributed by atoms with Crippen molar-refractivity contribution in [3.05, 3.63) is 143 Å². The molecule has 268 valence electrons. The number of aliphatic hydroxyl groups excluding tert-OH is 1. The summed E-state index contributed by atoms with van der Waals surface area (Å²) in [7, 11) is 0. The number of aliphatic hydroxyl groups is 2. The van der Waals surface area contributed by atoms with Crippen LogP contribution in [0.3, 0.4) is 0 Å². The molecule has 50 heavy (non-hydrogen) atoms. The van der Waals surface area contributed by atoms with Gasteiger partial charge in [-0.1, -0.05) is 144 Å². The second-order valence-corrected chi connectivity index (χ2v) is 15.5. The predicted molar refractivity (Wildman–Crippen MR) is 205 cm³/mol. The van der Waals surface area contributed by atoms with Crippen LogP contribution in [0.2, 0.25) is 0 Å². The Balaban J connectivity index is 0.000000314. The zero-order valence-electron chi connectivity index (χ0n) is 31.1. The van der Waals surface area contributed by atoms with Crippen molar-refractivity contribution in [3.8, 4) is 0 Å². The molecule has 5 heteroatoms. The van der Waals surface area contributed by atoms with Crippen LogP contribution >= 0.6 is 0 Å². The van der Waals surface area contributed by atoms with Crippen LogP contribution in [0, 0.1) is 11.8 Å². The van der Waals surface area contributed by atoms with E-state index >= 15 is 0 Å². The molecule has 5 rings (SSSR count). The highest BCUT2D eigenvalue weighted by Crippen LogP contribution is 2.42. The van der Waals surface area contributed by atoms with Crippen molar-refractivity contribution in [3.63, 3.8) is 0 Å². The first kappa shape index (κ1) is 39.0. The maximum Gasteiger partial charge on any atom is 0.310 e. The molecule has 1 heterocycles. The molecule has 1 saturated heterocycles. The lowest BCUT2D eigenvalue weighted by Crippen LogP contribution is -2.44. The van der Waals surface area contributed by atoms with Crippen molar-refractivity contribution in [2.45, 2.75) is 96.7 Å². The van der Waals surface area contributed by atoms with Crippen LogP contribution in [0.15, 0.2) is 109 Å². The number of piperidine rings is 1. The zero-order valence-corrected chi connectivity index (χ0v) is 31.1. The summed E-state index contributed by atoms with van der Waals surface area (Å²) in [6.45, 7) is 15.6. The summed E-state index contributed by atoms with van der Waals surface area (Å²) in [6.07, 6.45) is 4.28. The minimum Gasteiger partial charge on any atom is -0.481 e. The average molecular weight is 678 g/mol. The predicted octanol–water partition coefficient (Wildman–Crippen LogP) is 9.52. The topological polar surface area (TPSA) is 81.0 Å². The first-order valence-corrected chi connectivity index (χ1v) is 18.4. The van der Waals surface area contributed by atoms with Crippen LogP contribution in [-0.2, 0) is 22.2 Å². The second-order valence-electron chi connectivity index (χ2n) is 15.5. The van der Waals surface area contributed by atoms with Crippen LogP contribution in [0.25, 0.3) is 0 Å². The lowest BCUT2D eigenvalue weighted by Gasteiger charge is -2.42. The smallest absolute Gasteiger partial charge is 0.310 e. The summed E-state index contributed by atoms with van der Waals surface area (Å²) in [6, 6.07) is 36.6. The van der Waals surface area contributed by atoms with Gasteiger partial charge in [0.15, 0.2) is 0 Å². The number of carbonyl (C=O) groups is 1. The highest BCUT2D eigenvalue weighted by molar-refractivity contribution is 5.75. The molecule has 0 aliphatic carbocycles. The highest BCUT2D eigenvalue weighted by Gasteiger charge is 2.41. The number of rotatable bonds is 12. The first-order valence-electron chi connectivity index (χ1n) is 18.4. The standard InChI is InChI=1S/C32H41NO2.C13H18O2/c1-31(2,3)26-18-16-25(17-19-26)30(34)15-10-22-33-23-20-29(21-24-33)32(35,27-11-6-4-7-12-27)28-13-8-5-9-14-28;1-9(2)8-11-4-6-12(7-5-11)10(3)13(14)15/h4-9,11-14,16-19,29-30,34-35H,10,15,20-24H2,1-3H3;4-7,9-10H,8H2,1-3H3,(H,14,15). The van der Waals surface area contributed by atoms with Gasteiger partial charge in [-0.2, -0.15) is 0 Å². The number of benzene rings is 4. The molecule has 0 radical (unpaired) electrons. The van der Waals surface area contributed by atoms with Crippen LogP contribution in [0.5, 0.6) is 0 Å². The molecule has 1 aliphatic rings. The van der Waals surface area contributed by atoms with E-state index in [2.05, 4.69) is 88.0 Å². The van der Waals surface area contributed by atoms with E-state index in [1.54, 1.807) is 6.92 Å². The molecule has 5 nitrogen and oxygen atoms in total. The van der Waals surface area contributed by atoms with Crippen LogP contribution in [0.1, 0.15) is 113 Å². The molecule has 0 bridgehead atoms. The molecule has 3 N–H and O–H groups in total. The number of hydrogen-bond acceptors (Lipinski definition) is 4. The van der Waals surface area contributed by atoms with Crippen molar-refractivity contribution in [1.82, 2.24) is 4.90 Å². The summed E-state index contributed by atoms with van der Waals surface area (Å²) < 4.78 is 0. The van der Waals surface area contributed by atoms with Gasteiger partial charge in [0.05, 0.1) is 12.0 Å². The molecular formula is C45H59NO4. The number of likely N-dealkylation sites (tertiary alicyclic amines) is 1. The molecule has 2 atom stereocenters. The quantitative estimate of drug-likeness (QED) is 0.139. The van der Waals surface area contributed by atoms with Gasteiger partial charge < -0.3 is 20.2 Å². The van der Waals surface area contributed by atoms with E-state index in [-0.39, 0.29) is 11.3 Å². The number of aliphatic carboxylic acids is 1. The second kappa shape index (κ2) is 17.9. The fourth-order valence-corrected chi connectivity index (χ4v) is 7.03. The van der Waals surface area contributed by atoms with Crippen molar-refractivity contribution in [2.24, 2.45) is 11.8 Å². The molecule has 4 aromatic carbocycles. The third-order valence-corrected chi connectivity index (χ3v) is 10.2. The van der Waals surface area contributed by atoms with E-state index in [9.17, 15) is 15.0 Å². The summed E-state index contributed by atoms with van der Waals surface area (Å²) >= 11 is 0. The van der Waals surface area contributed by atoms with Gasteiger partial charge in [0.2, 0.25) is 0 Å². The third kappa shape index (κ3) is 10.6. The van der Waals surface area contributed by atoms with E-state index in [4.69, 9.17) is 5.11 Å². The maximum atomic E-state index is 12.1. The normalized spacial score (nSPS) is 15.6. The molecule has 0 spiro atoms. The average Bonchev–Trinajstić information content (AvgIpc) is 3.12. The number of hydrogen-bond donors (Lipinski definition) is 3. The van der Waals surface area contributed by atoms with Crippen molar-refractivity contribution in [1.29, 1.82) is 0 Å². The Hall–Kier alpha value is -3.77. The Kier molecular flexibility index (Phi) is 14.0. The zero-order chi connectivity index (χ0) is 36.3. The molecule has 0 aromatic heterocycles. The van der Waals surface area contributed by atoms with E-state index in [1.807, 2.05) is 60.7 Å². The molecule has 4 aromatic rings. The number of carboxylic acids is 1. The maximum absolute atomic E-state index is 12.1. The van der Waals surface area contributed by atoms with Gasteiger partial charge in [-0.05, 0) is 109 Å². The molecular weight excluding hydrogens is 618 g/mol. The largest absolute Gasteiger partial charge is 0.481 e. The number of carboxylic acid groups (broad SMARTS) is 1. The summed E-state index contributed by atoms with van der Waals surface area (Å²) in [4.78, 5) is 13.3. The van der Waals surface area contributed by atoms with Crippen molar-refractivity contribution in [2.75, 3.05) is 19.6 Å². The third-order valence-electron chi connectivity index (χ3n) is 10.2. The van der Waals surface area contributed by atoms with E-state index in [1.165, 1.54) is 11.1 Å². The van der Waals surface area contributed by atoms with Crippen LogP contribution in [-0.4, -0.2) is 45.8 Å². The summed E-state index contributed by atoms with van der Waals surface area (Å²) in [5, 5.41) is 31.6. The van der Waals surface area contributed by atoms with Crippen molar-refractivity contribution >= 4 is 5.97 Å².